The Bertz CT molecular complexity index is 1270. The highest BCUT2D eigenvalue weighted by Crippen LogP contribution is 2.35. The predicted octanol–water partition coefficient (Wildman–Crippen LogP) is 5.74. The molecule has 4 aromatic rings. The van der Waals surface area contributed by atoms with Crippen molar-refractivity contribution in [3.05, 3.63) is 75.8 Å². The molecule has 1 atom stereocenters. The van der Waals surface area contributed by atoms with Crippen molar-refractivity contribution >= 4 is 46.3 Å². The predicted molar refractivity (Wildman–Crippen MR) is 131 cm³/mol. The molecular formula is C23H20ClN5O2S2. The lowest BCUT2D eigenvalue weighted by atomic mass is 10.1. The molecule has 3 aromatic heterocycles. The molecule has 10 heteroatoms. The summed E-state index contributed by atoms with van der Waals surface area (Å²) in [6, 6.07) is 15.0. The third-order valence-corrected chi connectivity index (χ3v) is 7.43. The van der Waals surface area contributed by atoms with Crippen LogP contribution in [0.25, 0.3) is 11.4 Å². The fourth-order valence-corrected chi connectivity index (χ4v) is 5.42. The number of amides is 1. The second-order valence-corrected chi connectivity index (χ2v) is 9.67. The van der Waals surface area contributed by atoms with Crippen LogP contribution in [-0.2, 0) is 11.3 Å². The van der Waals surface area contributed by atoms with Crippen LogP contribution in [0.1, 0.15) is 30.0 Å². The molecule has 7 nitrogen and oxygen atoms in total. The van der Waals surface area contributed by atoms with Gasteiger partial charge in [-0.05, 0) is 54.8 Å². The molecule has 0 spiro atoms. The number of rotatable bonds is 7. The summed E-state index contributed by atoms with van der Waals surface area (Å²) in [7, 11) is 0. The summed E-state index contributed by atoms with van der Waals surface area (Å²) in [5.41, 5.74) is 1.82. The standard InChI is InChI=1S/C23H20ClN5O2S2/c1-2-28-22(15-7-9-16(24)10-8-15)25-26-23(28)33-14-21(30)29-18(19-5-3-11-31-19)13-17(27-29)20-6-4-12-32-20/h3-12,18H,2,13-14H2,1H3. The van der Waals surface area contributed by atoms with E-state index in [1.165, 1.54) is 11.8 Å². The molecule has 1 amide bonds. The van der Waals surface area contributed by atoms with Crippen molar-refractivity contribution in [1.29, 1.82) is 0 Å². The summed E-state index contributed by atoms with van der Waals surface area (Å²) in [4.78, 5) is 14.3. The number of thiophene rings is 1. The maximum Gasteiger partial charge on any atom is 0.253 e. The number of carbonyl (C=O) groups is 1. The Labute approximate surface area is 204 Å². The molecule has 0 bridgehead atoms. The molecule has 0 aliphatic carbocycles. The number of benzene rings is 1. The zero-order valence-electron chi connectivity index (χ0n) is 17.7. The minimum Gasteiger partial charge on any atom is -0.467 e. The number of halogens is 1. The average Bonchev–Trinajstić information content (AvgIpc) is 3.62. The second-order valence-electron chi connectivity index (χ2n) is 7.34. The maximum atomic E-state index is 13.2. The van der Waals surface area contributed by atoms with Crippen LogP contribution in [0.4, 0.5) is 0 Å². The minimum atomic E-state index is -0.251. The van der Waals surface area contributed by atoms with Crippen molar-refractivity contribution in [2.45, 2.75) is 31.1 Å². The Hall–Kier alpha value is -2.88. The molecule has 33 heavy (non-hydrogen) atoms. The Morgan fingerprint density at radius 3 is 2.76 bits per heavy atom. The molecule has 1 unspecified atom stereocenters. The van der Waals surface area contributed by atoms with Crippen molar-refractivity contribution in [1.82, 2.24) is 19.8 Å². The molecule has 4 heterocycles. The highest BCUT2D eigenvalue weighted by molar-refractivity contribution is 7.99. The van der Waals surface area contributed by atoms with Crippen LogP contribution in [-0.4, -0.2) is 37.1 Å². The summed E-state index contributed by atoms with van der Waals surface area (Å²) in [5.74, 6) is 1.56. The number of hydrazone groups is 1. The molecule has 0 radical (unpaired) electrons. The van der Waals surface area contributed by atoms with Gasteiger partial charge in [0.2, 0.25) is 0 Å². The third kappa shape index (κ3) is 4.48. The lowest BCUT2D eigenvalue weighted by Crippen LogP contribution is -2.28. The van der Waals surface area contributed by atoms with Crippen LogP contribution in [0, 0.1) is 0 Å². The van der Waals surface area contributed by atoms with Crippen LogP contribution in [0.3, 0.4) is 0 Å². The first-order chi connectivity index (χ1) is 16.1. The smallest absolute Gasteiger partial charge is 0.253 e. The molecule has 1 aliphatic heterocycles. The van der Waals surface area contributed by atoms with E-state index >= 15 is 0 Å². The van der Waals surface area contributed by atoms with Gasteiger partial charge in [-0.2, -0.15) is 5.10 Å². The largest absolute Gasteiger partial charge is 0.467 e. The Kier molecular flexibility index (Phi) is 6.34. The zero-order valence-corrected chi connectivity index (χ0v) is 20.1. The van der Waals surface area contributed by atoms with E-state index in [1.807, 2.05) is 65.4 Å². The number of thioether (sulfide) groups is 1. The van der Waals surface area contributed by atoms with Crippen molar-refractivity contribution in [3.63, 3.8) is 0 Å². The van der Waals surface area contributed by atoms with Crippen molar-refractivity contribution < 1.29 is 9.21 Å². The number of hydrogen-bond acceptors (Lipinski definition) is 7. The molecule has 0 fully saturated rings. The topological polar surface area (TPSA) is 76.5 Å². The van der Waals surface area contributed by atoms with Crippen LogP contribution in [0.15, 0.2) is 74.8 Å². The van der Waals surface area contributed by atoms with E-state index < -0.39 is 0 Å². The van der Waals surface area contributed by atoms with Gasteiger partial charge in [0, 0.05) is 23.6 Å². The molecule has 1 aromatic carbocycles. The lowest BCUT2D eigenvalue weighted by Gasteiger charge is -2.19. The van der Waals surface area contributed by atoms with E-state index in [4.69, 9.17) is 16.0 Å². The fourth-order valence-electron chi connectivity index (χ4n) is 3.72. The molecule has 168 valence electrons. The molecule has 0 saturated heterocycles. The first kappa shape index (κ1) is 21.9. The number of furan rings is 1. The van der Waals surface area contributed by atoms with Gasteiger partial charge in [-0.25, -0.2) is 5.01 Å². The van der Waals surface area contributed by atoms with E-state index in [0.717, 1.165) is 27.7 Å². The quantitative estimate of drug-likeness (QED) is 0.304. The summed E-state index contributed by atoms with van der Waals surface area (Å²) in [6.45, 7) is 2.71. The lowest BCUT2D eigenvalue weighted by molar-refractivity contribution is -0.130. The molecule has 0 N–H and O–H groups in total. The highest BCUT2D eigenvalue weighted by Gasteiger charge is 2.35. The van der Waals surface area contributed by atoms with Crippen molar-refractivity contribution in [3.8, 4) is 11.4 Å². The molecular weight excluding hydrogens is 478 g/mol. The summed E-state index contributed by atoms with van der Waals surface area (Å²) in [5, 5.41) is 18.3. The fraction of sp³-hybridized carbons (Fsp3) is 0.217. The summed E-state index contributed by atoms with van der Waals surface area (Å²) < 4.78 is 7.61. The van der Waals surface area contributed by atoms with Gasteiger partial charge in [-0.1, -0.05) is 29.4 Å². The van der Waals surface area contributed by atoms with Gasteiger partial charge in [0.15, 0.2) is 11.0 Å². The monoisotopic (exact) mass is 497 g/mol. The number of nitrogens with zero attached hydrogens (tertiary/aromatic N) is 5. The van der Waals surface area contributed by atoms with Gasteiger partial charge >= 0.3 is 0 Å². The van der Waals surface area contributed by atoms with Gasteiger partial charge in [0.25, 0.3) is 5.91 Å². The summed E-state index contributed by atoms with van der Waals surface area (Å²) in [6.07, 6.45) is 2.24. The van der Waals surface area contributed by atoms with Crippen LogP contribution < -0.4 is 0 Å². The third-order valence-electron chi connectivity index (χ3n) is 5.30. The average molecular weight is 498 g/mol. The first-order valence-corrected chi connectivity index (χ1v) is 12.7. The second kappa shape index (κ2) is 9.54. The Morgan fingerprint density at radius 1 is 1.21 bits per heavy atom. The van der Waals surface area contributed by atoms with Gasteiger partial charge in [0.1, 0.15) is 11.8 Å². The van der Waals surface area contributed by atoms with Gasteiger partial charge in [-0.3, -0.25) is 4.79 Å². The molecule has 1 aliphatic rings. The molecule has 0 saturated carbocycles. The van der Waals surface area contributed by atoms with Gasteiger partial charge in [-0.15, -0.1) is 21.5 Å². The molecule has 5 rings (SSSR count). The Balaban J connectivity index is 1.35. The van der Waals surface area contributed by atoms with Crippen molar-refractivity contribution in [2.75, 3.05) is 5.75 Å². The normalized spacial score (nSPS) is 15.8. The van der Waals surface area contributed by atoms with Crippen LogP contribution in [0.5, 0.6) is 0 Å². The van der Waals surface area contributed by atoms with E-state index in [9.17, 15) is 4.79 Å². The van der Waals surface area contributed by atoms with E-state index in [2.05, 4.69) is 15.3 Å². The van der Waals surface area contributed by atoms with E-state index in [0.29, 0.717) is 23.1 Å². The van der Waals surface area contributed by atoms with Crippen LogP contribution >= 0.6 is 34.7 Å². The van der Waals surface area contributed by atoms with Gasteiger partial charge in [0.05, 0.1) is 22.6 Å². The highest BCUT2D eigenvalue weighted by atomic mass is 35.5. The van der Waals surface area contributed by atoms with Crippen LogP contribution in [0.2, 0.25) is 5.02 Å². The number of carbonyl (C=O) groups excluding carboxylic acids is 1. The summed E-state index contributed by atoms with van der Waals surface area (Å²) >= 11 is 8.98. The first-order valence-electron chi connectivity index (χ1n) is 10.4. The van der Waals surface area contributed by atoms with E-state index in [-0.39, 0.29) is 17.7 Å². The Morgan fingerprint density at radius 2 is 2.06 bits per heavy atom. The number of hydrogen-bond donors (Lipinski definition) is 0. The minimum absolute atomic E-state index is 0.105. The van der Waals surface area contributed by atoms with Crippen molar-refractivity contribution in [2.24, 2.45) is 5.10 Å². The van der Waals surface area contributed by atoms with Gasteiger partial charge < -0.3 is 8.98 Å². The maximum absolute atomic E-state index is 13.2. The SMILES string of the molecule is CCn1c(SCC(=O)N2N=C(c3cccs3)CC2c2ccco2)nnc1-c1ccc(Cl)cc1. The number of aromatic nitrogens is 3. The zero-order chi connectivity index (χ0) is 22.8. The van der Waals surface area contributed by atoms with E-state index in [1.54, 1.807) is 22.6 Å².